The molecule has 1 saturated carbocycles. The third kappa shape index (κ3) is 4.66. The summed E-state index contributed by atoms with van der Waals surface area (Å²) >= 11 is 0. The van der Waals surface area contributed by atoms with Crippen molar-refractivity contribution >= 4 is 11.4 Å². The molecule has 0 saturated heterocycles. The number of hydrogen-bond acceptors (Lipinski definition) is 5. The monoisotopic (exact) mass is 400 g/mol. The number of aromatic nitrogens is 2. The van der Waals surface area contributed by atoms with E-state index in [1.165, 1.54) is 6.20 Å². The number of hydrogen-bond donors (Lipinski definition) is 1. The fourth-order valence-corrected chi connectivity index (χ4v) is 3.04. The molecule has 0 spiro atoms. The van der Waals surface area contributed by atoms with Gasteiger partial charge in [-0.25, -0.2) is 9.67 Å². The van der Waals surface area contributed by atoms with Gasteiger partial charge in [-0.1, -0.05) is 30.3 Å². The van der Waals surface area contributed by atoms with Crippen molar-refractivity contribution < 1.29 is 4.74 Å². The minimum Gasteiger partial charge on any atom is -0.488 e. The maximum absolute atomic E-state index is 13.2. The largest absolute Gasteiger partial charge is 0.488 e. The first-order valence-corrected chi connectivity index (χ1v) is 10.0. The molecule has 1 fully saturated rings. The van der Waals surface area contributed by atoms with Crippen molar-refractivity contribution in [2.75, 3.05) is 6.61 Å². The molecule has 0 radical (unpaired) electrons. The molecule has 3 aromatic rings. The van der Waals surface area contributed by atoms with E-state index in [2.05, 4.69) is 10.1 Å². The summed E-state index contributed by atoms with van der Waals surface area (Å²) in [5, 5.41) is 4.59. The Morgan fingerprint density at radius 2 is 2.03 bits per heavy atom. The number of para-hydroxylation sites is 1. The first-order chi connectivity index (χ1) is 14.6. The minimum absolute atomic E-state index is 0.190. The van der Waals surface area contributed by atoms with Crippen LogP contribution in [0.3, 0.4) is 0 Å². The highest BCUT2D eigenvalue weighted by atomic mass is 16.5. The summed E-state index contributed by atoms with van der Waals surface area (Å²) in [5.74, 6) is 0.786. The lowest BCUT2D eigenvalue weighted by Gasteiger charge is -2.12. The molecule has 2 N–H and O–H groups in total. The summed E-state index contributed by atoms with van der Waals surface area (Å²) in [4.78, 5) is 17.8. The summed E-state index contributed by atoms with van der Waals surface area (Å²) in [5.41, 5.74) is 8.56. The maximum atomic E-state index is 13.2. The Bertz CT molecular complexity index is 1150. The van der Waals surface area contributed by atoms with Crippen molar-refractivity contribution in [2.24, 2.45) is 16.6 Å². The highest BCUT2D eigenvalue weighted by molar-refractivity contribution is 6.08. The van der Waals surface area contributed by atoms with Gasteiger partial charge in [-0.15, -0.1) is 0 Å². The van der Waals surface area contributed by atoms with E-state index in [-0.39, 0.29) is 16.9 Å². The molecular weight excluding hydrogens is 376 g/mol. The SMILES string of the molecule is Cc1cccc(-n2cc(OCC3CC3)c(=O)c(C(C=CN)=Nc3ccccc3)n2)c1. The molecule has 0 amide bonds. The van der Waals surface area contributed by atoms with E-state index in [0.29, 0.717) is 23.9 Å². The molecule has 1 aliphatic rings. The number of nitrogens with two attached hydrogens (primary N) is 1. The summed E-state index contributed by atoms with van der Waals surface area (Å²) in [6.45, 7) is 2.54. The Hall–Kier alpha value is -3.67. The van der Waals surface area contributed by atoms with Gasteiger partial charge in [-0.3, -0.25) is 4.79 Å². The standard InChI is InChI=1S/C24H24N4O2/c1-17-6-5-9-20(14-17)28-15-22(30-16-18-10-11-18)24(29)23(27-28)21(12-13-25)26-19-7-3-2-4-8-19/h2-9,12-15,18H,10-11,16,25H2,1H3. The Morgan fingerprint density at radius 3 is 2.73 bits per heavy atom. The fraction of sp³-hybridized carbons (Fsp3) is 0.208. The molecule has 0 unspecified atom stereocenters. The zero-order valence-electron chi connectivity index (χ0n) is 16.9. The number of nitrogens with zero attached hydrogens (tertiary/aromatic N) is 3. The number of aryl methyl sites for hydroxylation is 1. The smallest absolute Gasteiger partial charge is 0.251 e. The zero-order chi connectivity index (χ0) is 20.9. The van der Waals surface area contributed by atoms with E-state index in [1.807, 2.05) is 61.5 Å². The number of benzene rings is 2. The van der Waals surface area contributed by atoms with E-state index in [0.717, 1.165) is 24.1 Å². The van der Waals surface area contributed by atoms with Crippen LogP contribution >= 0.6 is 0 Å². The summed E-state index contributed by atoms with van der Waals surface area (Å²) in [7, 11) is 0. The average molecular weight is 400 g/mol. The number of rotatable bonds is 7. The van der Waals surface area contributed by atoms with Crippen molar-refractivity contribution in [2.45, 2.75) is 19.8 Å². The third-order valence-electron chi connectivity index (χ3n) is 4.83. The summed E-state index contributed by atoms with van der Waals surface area (Å²) < 4.78 is 7.55. The first kappa shape index (κ1) is 19.6. The zero-order valence-corrected chi connectivity index (χ0v) is 16.9. The van der Waals surface area contributed by atoms with E-state index in [4.69, 9.17) is 10.5 Å². The maximum Gasteiger partial charge on any atom is 0.251 e. The van der Waals surface area contributed by atoms with Crippen LogP contribution in [0.5, 0.6) is 5.75 Å². The second-order valence-corrected chi connectivity index (χ2v) is 7.40. The molecule has 1 aromatic heterocycles. The number of ether oxygens (including phenoxy) is 1. The predicted molar refractivity (Wildman–Crippen MR) is 119 cm³/mol. The van der Waals surface area contributed by atoms with Crippen LogP contribution in [0.2, 0.25) is 0 Å². The fourth-order valence-electron chi connectivity index (χ4n) is 3.04. The van der Waals surface area contributed by atoms with E-state index in [1.54, 1.807) is 17.0 Å². The van der Waals surface area contributed by atoms with E-state index >= 15 is 0 Å². The quantitative estimate of drug-likeness (QED) is 0.609. The molecule has 4 rings (SSSR count). The van der Waals surface area contributed by atoms with Crippen LogP contribution in [0.1, 0.15) is 24.1 Å². The van der Waals surface area contributed by atoms with Gasteiger partial charge in [0.25, 0.3) is 5.43 Å². The molecule has 152 valence electrons. The van der Waals surface area contributed by atoms with Crippen LogP contribution < -0.4 is 15.9 Å². The molecular formula is C24H24N4O2. The molecule has 6 heteroatoms. The Kier molecular flexibility index (Phi) is 5.75. The molecule has 0 aliphatic heterocycles. The Morgan fingerprint density at radius 1 is 1.23 bits per heavy atom. The van der Waals surface area contributed by atoms with Gasteiger partial charge in [0, 0.05) is 0 Å². The predicted octanol–water partition coefficient (Wildman–Crippen LogP) is 3.92. The lowest BCUT2D eigenvalue weighted by atomic mass is 10.2. The summed E-state index contributed by atoms with van der Waals surface area (Å²) in [6, 6.07) is 17.3. The van der Waals surface area contributed by atoms with Gasteiger partial charge in [-0.05, 0) is 67.8 Å². The van der Waals surface area contributed by atoms with Crippen molar-refractivity contribution in [3.8, 4) is 11.4 Å². The van der Waals surface area contributed by atoms with Crippen LogP contribution in [0, 0.1) is 12.8 Å². The lowest BCUT2D eigenvalue weighted by Crippen LogP contribution is -2.24. The molecule has 6 nitrogen and oxygen atoms in total. The lowest BCUT2D eigenvalue weighted by molar-refractivity contribution is 0.294. The third-order valence-corrected chi connectivity index (χ3v) is 4.83. The minimum atomic E-state index is -0.299. The highest BCUT2D eigenvalue weighted by Crippen LogP contribution is 2.29. The second kappa shape index (κ2) is 8.78. The van der Waals surface area contributed by atoms with Crippen LogP contribution in [-0.2, 0) is 0 Å². The van der Waals surface area contributed by atoms with E-state index in [9.17, 15) is 4.79 Å². The van der Waals surface area contributed by atoms with Crippen LogP contribution in [-0.4, -0.2) is 22.1 Å². The van der Waals surface area contributed by atoms with Crippen LogP contribution in [0.15, 0.2) is 82.9 Å². The number of allylic oxidation sites excluding steroid dienone is 1. The summed E-state index contributed by atoms with van der Waals surface area (Å²) in [6.07, 6.45) is 6.87. The van der Waals surface area contributed by atoms with Crippen LogP contribution in [0.25, 0.3) is 5.69 Å². The molecule has 2 aromatic carbocycles. The van der Waals surface area contributed by atoms with Gasteiger partial charge in [0.15, 0.2) is 11.4 Å². The van der Waals surface area contributed by atoms with Gasteiger partial charge < -0.3 is 10.5 Å². The first-order valence-electron chi connectivity index (χ1n) is 10.0. The van der Waals surface area contributed by atoms with Gasteiger partial charge in [0.1, 0.15) is 0 Å². The highest BCUT2D eigenvalue weighted by Gasteiger charge is 2.23. The van der Waals surface area contributed by atoms with Gasteiger partial charge in [0.2, 0.25) is 0 Å². The van der Waals surface area contributed by atoms with Gasteiger partial charge in [-0.2, -0.15) is 5.10 Å². The van der Waals surface area contributed by atoms with Crippen LogP contribution in [0.4, 0.5) is 5.69 Å². The molecule has 30 heavy (non-hydrogen) atoms. The Labute approximate surface area is 175 Å². The molecule has 1 aliphatic carbocycles. The number of aliphatic imine (C=N–C) groups is 1. The topological polar surface area (TPSA) is 82.5 Å². The second-order valence-electron chi connectivity index (χ2n) is 7.40. The average Bonchev–Trinajstić information content (AvgIpc) is 3.58. The molecule has 0 atom stereocenters. The van der Waals surface area contributed by atoms with E-state index < -0.39 is 0 Å². The van der Waals surface area contributed by atoms with Crippen molar-refractivity contribution in [3.63, 3.8) is 0 Å². The van der Waals surface area contributed by atoms with Gasteiger partial charge in [0.05, 0.1) is 29.9 Å². The van der Waals surface area contributed by atoms with Crippen molar-refractivity contribution in [3.05, 3.63) is 94.6 Å². The van der Waals surface area contributed by atoms with Crippen molar-refractivity contribution in [1.82, 2.24) is 9.78 Å². The molecule has 1 heterocycles. The normalized spacial score (nSPS) is 14.2. The van der Waals surface area contributed by atoms with Crippen molar-refractivity contribution in [1.29, 1.82) is 0 Å². The van der Waals surface area contributed by atoms with Gasteiger partial charge >= 0.3 is 0 Å². The molecule has 0 bridgehead atoms. The Balaban J connectivity index is 1.85.